The maximum atomic E-state index is 4.50. The normalized spacial score (nSPS) is 8.11. The molecule has 154 valence electrons. The van der Waals surface area contributed by atoms with Crippen molar-refractivity contribution in [3.05, 3.63) is 73.4 Å². The first-order valence-corrected chi connectivity index (χ1v) is 10.1. The molecule has 27 heavy (non-hydrogen) atoms. The molecule has 0 fully saturated rings. The summed E-state index contributed by atoms with van der Waals surface area (Å²) in [5.74, 6) is 0. The van der Waals surface area contributed by atoms with E-state index < -0.39 is 0 Å². The predicted molar refractivity (Wildman–Crippen MR) is 136 cm³/mol. The van der Waals surface area contributed by atoms with Crippen LogP contribution >= 0.6 is 0 Å². The minimum absolute atomic E-state index is 0.283. The van der Waals surface area contributed by atoms with Crippen LogP contribution in [0.5, 0.6) is 0 Å². The smallest absolute Gasteiger partial charge is 0.0606 e. The summed E-state index contributed by atoms with van der Waals surface area (Å²) in [6.45, 7) is 25.3. The third-order valence-electron chi connectivity index (χ3n) is 1.62. The number of benzene rings is 1. The summed E-state index contributed by atoms with van der Waals surface area (Å²) in [4.78, 5) is 0. The van der Waals surface area contributed by atoms with Crippen LogP contribution in [0.15, 0.2) is 73.4 Å². The lowest BCUT2D eigenvalue weighted by atomic mass is 9.96. The zero-order valence-corrected chi connectivity index (χ0v) is 20.4. The Hall–Kier alpha value is -1.43. The van der Waals surface area contributed by atoms with Gasteiger partial charge >= 0.3 is 0 Å². The second-order valence-electron chi connectivity index (χ2n) is 5.21. The molecule has 0 aromatic heterocycles. The third kappa shape index (κ3) is 93.5. The molecule has 4 radical (unpaired) electrons. The summed E-state index contributed by atoms with van der Waals surface area (Å²) >= 11 is 0. The van der Waals surface area contributed by atoms with Crippen LogP contribution in [0.4, 0.5) is 0 Å². The Morgan fingerprint density at radius 3 is 1.11 bits per heavy atom. The van der Waals surface area contributed by atoms with Gasteiger partial charge in [0.05, 0.1) is 15.7 Å². The zero-order chi connectivity index (χ0) is 23.0. The monoisotopic (exact) mass is 370 g/mol. The van der Waals surface area contributed by atoms with Crippen molar-refractivity contribution in [2.75, 3.05) is 0 Å². The van der Waals surface area contributed by atoms with Gasteiger partial charge in [0, 0.05) is 0 Å². The van der Waals surface area contributed by atoms with Crippen LogP contribution < -0.4 is 0 Å². The van der Waals surface area contributed by atoms with Crippen LogP contribution in [0, 0.1) is 5.41 Å². The van der Waals surface area contributed by atoms with Crippen molar-refractivity contribution in [1.29, 1.82) is 0 Å². The Labute approximate surface area is 177 Å². The Kier molecular flexibility index (Phi) is 74.2. The molecule has 0 atom stereocenters. The summed E-state index contributed by atoms with van der Waals surface area (Å²) in [6.07, 6.45) is 11.1. The molecule has 0 heterocycles. The van der Waals surface area contributed by atoms with Crippen molar-refractivity contribution in [2.45, 2.75) is 82.4 Å². The van der Waals surface area contributed by atoms with Gasteiger partial charge in [-0.15, -0.1) is 0 Å². The molecule has 0 aliphatic rings. The fourth-order valence-electron chi connectivity index (χ4n) is 0.872. The molecule has 0 saturated heterocycles. The molecule has 0 aliphatic carbocycles. The Balaban J connectivity index is -0.0000000556. The maximum Gasteiger partial charge on any atom is 0.0606 e. The first kappa shape index (κ1) is 40.3. The van der Waals surface area contributed by atoms with Gasteiger partial charge in [-0.2, -0.15) is 0 Å². The van der Waals surface area contributed by atoms with E-state index in [4.69, 9.17) is 0 Å². The quantitative estimate of drug-likeness (QED) is 0.360. The molecule has 0 saturated carbocycles. The van der Waals surface area contributed by atoms with Crippen molar-refractivity contribution >= 4 is 15.7 Å². The molecular formula is C25H48B2. The summed E-state index contributed by atoms with van der Waals surface area (Å²) in [6, 6.07) is 12.0. The van der Waals surface area contributed by atoms with Crippen LogP contribution in [0.1, 0.15) is 68.7 Å². The highest BCUT2D eigenvalue weighted by molar-refractivity contribution is 6.05. The SMILES string of the molecule is C=C/C=C\C=C/C(C)(C)C.CC.CC.CCC.[B]C.[B]C.c1ccccc1. The third-order valence-corrected chi connectivity index (χ3v) is 1.62. The number of hydrogen-bond donors (Lipinski definition) is 0. The minimum atomic E-state index is 0.283. The zero-order valence-electron chi connectivity index (χ0n) is 20.4. The van der Waals surface area contributed by atoms with Gasteiger partial charge in [0.25, 0.3) is 0 Å². The van der Waals surface area contributed by atoms with Gasteiger partial charge in [0.15, 0.2) is 0 Å². The highest BCUT2D eigenvalue weighted by Gasteiger charge is 2.01. The highest BCUT2D eigenvalue weighted by atomic mass is 14.1. The summed E-state index contributed by atoms with van der Waals surface area (Å²) in [5.41, 5.74) is 0.283. The number of hydrogen-bond acceptors (Lipinski definition) is 0. The highest BCUT2D eigenvalue weighted by Crippen LogP contribution is 2.13. The van der Waals surface area contributed by atoms with Gasteiger partial charge in [-0.25, -0.2) is 0 Å². The van der Waals surface area contributed by atoms with E-state index in [0.717, 1.165) is 0 Å². The molecule has 2 heteroatoms. The Morgan fingerprint density at radius 1 is 0.667 bits per heavy atom. The van der Waals surface area contributed by atoms with E-state index in [0.29, 0.717) is 0 Å². The first-order valence-electron chi connectivity index (χ1n) is 10.1. The van der Waals surface area contributed by atoms with Crippen LogP contribution in [-0.4, -0.2) is 15.7 Å². The lowest BCUT2D eigenvalue weighted by molar-refractivity contribution is 0.544. The van der Waals surface area contributed by atoms with E-state index >= 15 is 0 Å². The van der Waals surface area contributed by atoms with E-state index in [1.807, 2.05) is 82.3 Å². The number of allylic oxidation sites excluding steroid dienone is 5. The second kappa shape index (κ2) is 49.7. The first-order chi connectivity index (χ1) is 13.0. The Morgan fingerprint density at radius 2 is 0.926 bits per heavy atom. The summed E-state index contributed by atoms with van der Waals surface area (Å²) < 4.78 is 0. The summed E-state index contributed by atoms with van der Waals surface area (Å²) in [7, 11) is 9.00. The van der Waals surface area contributed by atoms with E-state index in [1.54, 1.807) is 6.08 Å². The van der Waals surface area contributed by atoms with Gasteiger partial charge in [0.1, 0.15) is 0 Å². The van der Waals surface area contributed by atoms with Crippen molar-refractivity contribution in [1.82, 2.24) is 0 Å². The molecule has 0 N–H and O–H groups in total. The molecule has 0 unspecified atom stereocenters. The van der Waals surface area contributed by atoms with E-state index in [2.05, 4.69) is 63.0 Å². The molecular weight excluding hydrogens is 322 g/mol. The lowest BCUT2D eigenvalue weighted by Gasteiger charge is -2.09. The van der Waals surface area contributed by atoms with Crippen molar-refractivity contribution in [3.8, 4) is 0 Å². The van der Waals surface area contributed by atoms with Crippen LogP contribution in [-0.2, 0) is 0 Å². The van der Waals surface area contributed by atoms with Gasteiger partial charge in [-0.1, -0.05) is 156 Å². The topological polar surface area (TPSA) is 0 Å². The average molecular weight is 370 g/mol. The molecule has 1 aromatic rings. The summed E-state index contributed by atoms with van der Waals surface area (Å²) in [5, 5.41) is 0. The largest absolute Gasteiger partial charge is 0.0999 e. The lowest BCUT2D eigenvalue weighted by Crippen LogP contribution is -1.97. The second-order valence-corrected chi connectivity index (χ2v) is 5.21. The van der Waals surface area contributed by atoms with E-state index in [-0.39, 0.29) is 5.41 Å². The van der Waals surface area contributed by atoms with Gasteiger partial charge < -0.3 is 0 Å². The standard InChI is InChI=1S/C10H16.C6H6.C3H8.2C2H6.2CH3B/c1-5-6-7-8-9-10(2,3)4;1-2-4-6-5-3-1;1-3-2;4*1-2/h5-9H,1H2,2-4H3;1-6H;3H2,1-2H3;2*1-2H3;2*1H3/b7-6-,9-8-;;;;;;. The Bertz CT molecular complexity index is 306. The molecule has 1 aromatic carbocycles. The van der Waals surface area contributed by atoms with Gasteiger partial charge in [0.2, 0.25) is 0 Å². The van der Waals surface area contributed by atoms with Crippen molar-refractivity contribution in [2.24, 2.45) is 5.41 Å². The molecule has 1 rings (SSSR count). The molecule has 0 bridgehead atoms. The van der Waals surface area contributed by atoms with Crippen LogP contribution in [0.25, 0.3) is 0 Å². The van der Waals surface area contributed by atoms with Crippen molar-refractivity contribution in [3.63, 3.8) is 0 Å². The van der Waals surface area contributed by atoms with E-state index in [1.165, 1.54) is 20.1 Å². The minimum Gasteiger partial charge on any atom is -0.0999 e. The predicted octanol–water partition coefficient (Wildman–Crippen LogP) is 8.89. The maximum absolute atomic E-state index is 4.50. The molecule has 0 spiro atoms. The van der Waals surface area contributed by atoms with Gasteiger partial charge in [-0.3, -0.25) is 0 Å². The number of rotatable bonds is 2. The molecule has 0 amide bonds. The molecule has 0 nitrogen and oxygen atoms in total. The van der Waals surface area contributed by atoms with E-state index in [9.17, 15) is 0 Å². The average Bonchev–Trinajstić information content (AvgIpc) is 2.73. The fraction of sp³-hybridized carbons (Fsp3) is 0.520. The van der Waals surface area contributed by atoms with Gasteiger partial charge in [-0.05, 0) is 5.41 Å². The molecule has 0 aliphatic heterocycles. The van der Waals surface area contributed by atoms with Crippen molar-refractivity contribution < 1.29 is 0 Å². The van der Waals surface area contributed by atoms with Crippen LogP contribution in [0.2, 0.25) is 13.6 Å². The van der Waals surface area contributed by atoms with Crippen LogP contribution in [0.3, 0.4) is 0 Å². The fourth-order valence-corrected chi connectivity index (χ4v) is 0.872.